The normalized spacial score (nSPS) is 10.9. The van der Waals surface area contributed by atoms with E-state index in [1.807, 2.05) is 0 Å². The minimum absolute atomic E-state index is 0.000650. The number of aromatic carboxylic acids is 1. The third-order valence-electron chi connectivity index (χ3n) is 2.44. The molecule has 0 aromatic heterocycles. The first-order valence-corrected chi connectivity index (χ1v) is 7.37. The van der Waals surface area contributed by atoms with Gasteiger partial charge in [0.1, 0.15) is 16.4 Å². The largest absolute Gasteiger partial charge is 0.495 e. The predicted octanol–water partition coefficient (Wildman–Crippen LogP) is 0.303. The Morgan fingerprint density at radius 2 is 2.00 bits per heavy atom. The molecule has 0 aliphatic carbocycles. The number of carbonyl (C=O) groups is 2. The molecule has 0 aliphatic rings. The van der Waals surface area contributed by atoms with Crippen LogP contribution in [-0.2, 0) is 14.6 Å². The summed E-state index contributed by atoms with van der Waals surface area (Å²) < 4.78 is 29.2. The molecule has 8 heteroatoms. The van der Waals surface area contributed by atoms with Crippen LogP contribution in [0.15, 0.2) is 23.1 Å². The molecular formula is C12H15NO6S. The summed E-state index contributed by atoms with van der Waals surface area (Å²) in [5, 5.41) is 11.3. The second-order valence-electron chi connectivity index (χ2n) is 3.88. The lowest BCUT2D eigenvalue weighted by Crippen LogP contribution is -2.30. The number of nitrogens with one attached hydrogen (secondary N) is 1. The van der Waals surface area contributed by atoms with Crippen molar-refractivity contribution in [3.8, 4) is 5.75 Å². The molecule has 110 valence electrons. The zero-order valence-corrected chi connectivity index (χ0v) is 11.9. The van der Waals surface area contributed by atoms with Gasteiger partial charge in [-0.15, -0.1) is 0 Å². The fourth-order valence-corrected chi connectivity index (χ4v) is 2.92. The van der Waals surface area contributed by atoms with E-state index in [4.69, 9.17) is 9.84 Å². The van der Waals surface area contributed by atoms with E-state index in [-0.39, 0.29) is 16.2 Å². The molecule has 1 aromatic carbocycles. The first-order chi connectivity index (χ1) is 9.31. The van der Waals surface area contributed by atoms with Crippen molar-refractivity contribution in [3.05, 3.63) is 23.8 Å². The Morgan fingerprint density at radius 3 is 2.50 bits per heavy atom. The van der Waals surface area contributed by atoms with Crippen molar-refractivity contribution in [2.24, 2.45) is 0 Å². The van der Waals surface area contributed by atoms with E-state index < -0.39 is 27.5 Å². The monoisotopic (exact) mass is 301 g/mol. The Hall–Kier alpha value is -2.09. The van der Waals surface area contributed by atoms with Crippen molar-refractivity contribution in [2.45, 2.75) is 11.8 Å². The van der Waals surface area contributed by atoms with Gasteiger partial charge in [0.2, 0.25) is 5.91 Å². The number of carboxylic acids is 1. The summed E-state index contributed by atoms with van der Waals surface area (Å²) in [7, 11) is -2.72. The van der Waals surface area contributed by atoms with Crippen LogP contribution in [-0.4, -0.2) is 44.8 Å². The molecule has 0 saturated carbocycles. The maximum Gasteiger partial charge on any atom is 0.335 e. The predicted molar refractivity (Wildman–Crippen MR) is 70.7 cm³/mol. The minimum Gasteiger partial charge on any atom is -0.495 e. The zero-order valence-electron chi connectivity index (χ0n) is 11.0. The quantitative estimate of drug-likeness (QED) is 0.782. The Labute approximate surface area is 116 Å². The number of hydrogen-bond acceptors (Lipinski definition) is 5. The van der Waals surface area contributed by atoms with E-state index >= 15 is 0 Å². The molecule has 0 radical (unpaired) electrons. The summed E-state index contributed by atoms with van der Waals surface area (Å²) in [6, 6.07) is 3.45. The van der Waals surface area contributed by atoms with Gasteiger partial charge < -0.3 is 15.2 Å². The van der Waals surface area contributed by atoms with Crippen LogP contribution in [0, 0.1) is 0 Å². The highest BCUT2D eigenvalue weighted by Crippen LogP contribution is 2.26. The lowest BCUT2D eigenvalue weighted by Gasteiger charge is -2.10. The average molecular weight is 301 g/mol. The van der Waals surface area contributed by atoms with Gasteiger partial charge in [0.05, 0.1) is 12.7 Å². The van der Waals surface area contributed by atoms with Crippen LogP contribution in [0.3, 0.4) is 0 Å². The summed E-state index contributed by atoms with van der Waals surface area (Å²) in [4.78, 5) is 22.0. The van der Waals surface area contributed by atoms with E-state index in [1.165, 1.54) is 19.2 Å². The Bertz CT molecular complexity index is 623. The lowest BCUT2D eigenvalue weighted by atomic mass is 10.2. The number of carboxylic acid groups (broad SMARTS) is 1. The number of rotatable bonds is 6. The van der Waals surface area contributed by atoms with Crippen LogP contribution in [0.1, 0.15) is 17.3 Å². The molecule has 0 spiro atoms. The molecule has 0 bridgehead atoms. The molecular weight excluding hydrogens is 286 g/mol. The third-order valence-corrected chi connectivity index (χ3v) is 4.07. The fraction of sp³-hybridized carbons (Fsp3) is 0.333. The van der Waals surface area contributed by atoms with Crippen LogP contribution in [0.2, 0.25) is 0 Å². The second-order valence-corrected chi connectivity index (χ2v) is 5.84. The summed E-state index contributed by atoms with van der Waals surface area (Å²) in [6.45, 7) is 1.97. The van der Waals surface area contributed by atoms with Crippen molar-refractivity contribution in [2.75, 3.05) is 19.4 Å². The number of ether oxygens (including phenoxy) is 1. The number of sulfone groups is 1. The van der Waals surface area contributed by atoms with E-state index in [9.17, 15) is 18.0 Å². The van der Waals surface area contributed by atoms with Crippen molar-refractivity contribution < 1.29 is 27.9 Å². The SMILES string of the molecule is CCNC(=O)CS(=O)(=O)c1cc(C(=O)O)ccc1OC. The molecule has 2 N–H and O–H groups in total. The number of hydrogen-bond donors (Lipinski definition) is 2. The number of amides is 1. The van der Waals surface area contributed by atoms with Gasteiger partial charge in [0.25, 0.3) is 0 Å². The van der Waals surface area contributed by atoms with Gasteiger partial charge in [-0.1, -0.05) is 0 Å². The Kier molecular flexibility index (Phi) is 5.09. The molecule has 0 fully saturated rings. The van der Waals surface area contributed by atoms with Crippen molar-refractivity contribution in [3.63, 3.8) is 0 Å². The Balaban J connectivity index is 3.24. The van der Waals surface area contributed by atoms with Crippen LogP contribution in [0.5, 0.6) is 5.75 Å². The van der Waals surface area contributed by atoms with Crippen molar-refractivity contribution in [1.29, 1.82) is 0 Å². The van der Waals surface area contributed by atoms with Crippen LogP contribution >= 0.6 is 0 Å². The van der Waals surface area contributed by atoms with E-state index in [1.54, 1.807) is 6.92 Å². The molecule has 1 aromatic rings. The van der Waals surface area contributed by atoms with Gasteiger partial charge in [0.15, 0.2) is 9.84 Å². The highest BCUT2D eigenvalue weighted by molar-refractivity contribution is 7.92. The Morgan fingerprint density at radius 1 is 1.35 bits per heavy atom. The zero-order chi connectivity index (χ0) is 15.3. The van der Waals surface area contributed by atoms with Crippen molar-refractivity contribution >= 4 is 21.7 Å². The molecule has 20 heavy (non-hydrogen) atoms. The molecule has 1 rings (SSSR count). The molecule has 0 aliphatic heterocycles. The summed E-state index contributed by atoms with van der Waals surface area (Å²) in [6.07, 6.45) is 0. The molecule has 0 atom stereocenters. The average Bonchev–Trinajstić information content (AvgIpc) is 2.37. The number of carbonyl (C=O) groups excluding carboxylic acids is 1. The number of methoxy groups -OCH3 is 1. The lowest BCUT2D eigenvalue weighted by molar-refractivity contribution is -0.118. The second kappa shape index (κ2) is 6.38. The van der Waals surface area contributed by atoms with Gasteiger partial charge in [-0.05, 0) is 25.1 Å². The van der Waals surface area contributed by atoms with Gasteiger partial charge in [0, 0.05) is 6.54 Å². The highest BCUT2D eigenvalue weighted by atomic mass is 32.2. The first kappa shape index (κ1) is 16.0. The molecule has 1 amide bonds. The molecule has 0 saturated heterocycles. The molecule has 7 nitrogen and oxygen atoms in total. The van der Waals surface area contributed by atoms with E-state index in [0.717, 1.165) is 6.07 Å². The summed E-state index contributed by atoms with van der Waals surface area (Å²) in [5.41, 5.74) is -0.194. The first-order valence-electron chi connectivity index (χ1n) is 5.72. The fourth-order valence-electron chi connectivity index (χ4n) is 1.55. The maximum absolute atomic E-state index is 12.1. The maximum atomic E-state index is 12.1. The van der Waals surface area contributed by atoms with Crippen molar-refractivity contribution in [1.82, 2.24) is 5.32 Å². The standard InChI is InChI=1S/C12H15NO6S/c1-3-13-11(14)7-20(17,18)10-6-8(12(15)16)4-5-9(10)19-2/h4-6H,3,7H2,1-2H3,(H,13,14)(H,15,16). The summed E-state index contributed by atoms with van der Waals surface area (Å²) in [5.74, 6) is -2.68. The highest BCUT2D eigenvalue weighted by Gasteiger charge is 2.24. The van der Waals surface area contributed by atoms with Gasteiger partial charge in [-0.25, -0.2) is 13.2 Å². The smallest absolute Gasteiger partial charge is 0.335 e. The van der Waals surface area contributed by atoms with Crippen LogP contribution in [0.25, 0.3) is 0 Å². The minimum atomic E-state index is -3.98. The van der Waals surface area contributed by atoms with Crippen LogP contribution < -0.4 is 10.1 Å². The molecule has 0 unspecified atom stereocenters. The van der Waals surface area contributed by atoms with Gasteiger partial charge in [-0.3, -0.25) is 4.79 Å². The van der Waals surface area contributed by atoms with Crippen LogP contribution in [0.4, 0.5) is 0 Å². The molecule has 0 heterocycles. The summed E-state index contributed by atoms with van der Waals surface area (Å²) >= 11 is 0. The van der Waals surface area contributed by atoms with E-state index in [0.29, 0.717) is 6.54 Å². The van der Waals surface area contributed by atoms with Gasteiger partial charge in [-0.2, -0.15) is 0 Å². The number of benzene rings is 1. The van der Waals surface area contributed by atoms with Gasteiger partial charge >= 0.3 is 5.97 Å². The van der Waals surface area contributed by atoms with E-state index in [2.05, 4.69) is 5.32 Å². The topological polar surface area (TPSA) is 110 Å². The third kappa shape index (κ3) is 3.70.